The number of methoxy groups -OCH3 is 1. The summed E-state index contributed by atoms with van der Waals surface area (Å²) in [5, 5.41) is 12.3. The molecule has 0 saturated heterocycles. The molecule has 0 radical (unpaired) electrons. The third kappa shape index (κ3) is 1.59. The van der Waals surface area contributed by atoms with E-state index in [0.717, 1.165) is 5.56 Å². The molecule has 1 aliphatic carbocycles. The summed E-state index contributed by atoms with van der Waals surface area (Å²) in [5.74, 6) is -0.819. The van der Waals surface area contributed by atoms with E-state index in [0.29, 0.717) is 17.0 Å². The van der Waals surface area contributed by atoms with Crippen LogP contribution < -0.4 is 5.11 Å². The van der Waals surface area contributed by atoms with E-state index >= 15 is 0 Å². The Morgan fingerprint density at radius 3 is 2.93 bits per heavy atom. The number of hydrogen-bond acceptors (Lipinski definition) is 3. The summed E-state index contributed by atoms with van der Waals surface area (Å²) in [5.41, 5.74) is 1.50. The predicted molar refractivity (Wildman–Crippen MR) is 54.1 cm³/mol. The zero-order chi connectivity index (χ0) is 11.0. The van der Waals surface area contributed by atoms with Crippen LogP contribution in [0.4, 0.5) is 0 Å². The van der Waals surface area contributed by atoms with Gasteiger partial charge in [0.1, 0.15) is 0 Å². The highest BCUT2D eigenvalue weighted by Gasteiger charge is 2.21. The van der Waals surface area contributed by atoms with Gasteiger partial charge in [-0.3, -0.25) is 0 Å². The fourth-order valence-electron chi connectivity index (χ4n) is 1.65. The zero-order valence-electron chi connectivity index (χ0n) is 8.04. The van der Waals surface area contributed by atoms with Crippen molar-refractivity contribution in [2.24, 2.45) is 0 Å². The maximum Gasteiger partial charge on any atom is 0.333 e. The largest absolute Gasteiger partial charge is 0.872 e. The molecule has 3 nitrogen and oxygen atoms in total. The van der Waals surface area contributed by atoms with Gasteiger partial charge < -0.3 is 9.84 Å². The number of hydrogen-bond donors (Lipinski definition) is 0. The standard InChI is InChI=1S/C11H9ClO3/c1-15-11(14)9-5-6-4-7(12)2-3-8(6)10(9)13/h2-4,13H,5H2,1H3/p-1. The van der Waals surface area contributed by atoms with Crippen molar-refractivity contribution in [3.63, 3.8) is 0 Å². The summed E-state index contributed by atoms with van der Waals surface area (Å²) in [6, 6.07) is 4.97. The first-order chi connectivity index (χ1) is 7.13. The first kappa shape index (κ1) is 10.1. The van der Waals surface area contributed by atoms with Crippen molar-refractivity contribution in [2.75, 3.05) is 7.11 Å². The van der Waals surface area contributed by atoms with Gasteiger partial charge in [-0.05, 0) is 23.3 Å². The quantitative estimate of drug-likeness (QED) is 0.671. The second-order valence-corrected chi connectivity index (χ2v) is 3.71. The van der Waals surface area contributed by atoms with Crippen LogP contribution in [0.1, 0.15) is 11.1 Å². The Balaban J connectivity index is 2.45. The fourth-order valence-corrected chi connectivity index (χ4v) is 1.85. The van der Waals surface area contributed by atoms with E-state index in [1.165, 1.54) is 7.11 Å². The second-order valence-electron chi connectivity index (χ2n) is 3.28. The minimum atomic E-state index is -0.563. The van der Waals surface area contributed by atoms with E-state index in [1.54, 1.807) is 18.2 Å². The molecule has 0 saturated carbocycles. The van der Waals surface area contributed by atoms with Gasteiger partial charge in [0.25, 0.3) is 0 Å². The maximum atomic E-state index is 11.7. The minimum Gasteiger partial charge on any atom is -0.872 e. The topological polar surface area (TPSA) is 49.4 Å². The first-order valence-electron chi connectivity index (χ1n) is 4.40. The van der Waals surface area contributed by atoms with Gasteiger partial charge >= 0.3 is 5.97 Å². The third-order valence-electron chi connectivity index (χ3n) is 2.39. The lowest BCUT2D eigenvalue weighted by Crippen LogP contribution is -2.10. The third-order valence-corrected chi connectivity index (χ3v) is 2.62. The van der Waals surface area contributed by atoms with Crippen molar-refractivity contribution < 1.29 is 14.6 Å². The summed E-state index contributed by atoms with van der Waals surface area (Å²) in [6.45, 7) is 0. The van der Waals surface area contributed by atoms with Crippen molar-refractivity contribution in [2.45, 2.75) is 6.42 Å². The van der Waals surface area contributed by atoms with Gasteiger partial charge in [0.15, 0.2) is 0 Å². The van der Waals surface area contributed by atoms with Gasteiger partial charge in [0.05, 0.1) is 7.11 Å². The molecule has 0 heterocycles. The minimum absolute atomic E-state index is 0.176. The molecule has 2 rings (SSSR count). The lowest BCUT2D eigenvalue weighted by molar-refractivity contribution is -0.244. The highest BCUT2D eigenvalue weighted by atomic mass is 35.5. The smallest absolute Gasteiger partial charge is 0.333 e. The maximum absolute atomic E-state index is 11.7. The van der Waals surface area contributed by atoms with Crippen LogP contribution >= 0.6 is 11.6 Å². The number of carbonyl (C=O) groups excluding carboxylic acids is 1. The molecule has 0 atom stereocenters. The number of rotatable bonds is 1. The normalized spacial score (nSPS) is 14.0. The number of fused-ring (bicyclic) bond motifs is 1. The zero-order valence-corrected chi connectivity index (χ0v) is 8.80. The monoisotopic (exact) mass is 223 g/mol. The van der Waals surface area contributed by atoms with Gasteiger partial charge in [-0.1, -0.05) is 23.4 Å². The number of esters is 1. The second kappa shape index (κ2) is 3.59. The van der Waals surface area contributed by atoms with Crippen LogP contribution in [0.2, 0.25) is 5.02 Å². The number of benzene rings is 1. The van der Waals surface area contributed by atoms with Crippen molar-refractivity contribution in [1.29, 1.82) is 0 Å². The number of halogens is 1. The van der Waals surface area contributed by atoms with E-state index < -0.39 is 5.97 Å². The van der Waals surface area contributed by atoms with Crippen LogP contribution in [-0.4, -0.2) is 13.1 Å². The van der Waals surface area contributed by atoms with E-state index in [4.69, 9.17) is 11.6 Å². The van der Waals surface area contributed by atoms with Gasteiger partial charge in [-0.15, -0.1) is 0 Å². The molecular weight excluding hydrogens is 216 g/mol. The SMILES string of the molecule is COC(=O)C1=C([O-])c2ccc(Cl)cc2C1. The lowest BCUT2D eigenvalue weighted by atomic mass is 10.1. The fraction of sp³-hybridized carbons (Fsp3) is 0.182. The van der Waals surface area contributed by atoms with Crippen LogP contribution in [0.15, 0.2) is 23.8 Å². The summed E-state index contributed by atoms with van der Waals surface area (Å²) in [4.78, 5) is 11.3. The van der Waals surface area contributed by atoms with Gasteiger partial charge in [0.2, 0.25) is 0 Å². The average molecular weight is 224 g/mol. The highest BCUT2D eigenvalue weighted by molar-refractivity contribution is 6.30. The molecule has 0 spiro atoms. The Labute approximate surface area is 91.9 Å². The Morgan fingerprint density at radius 1 is 1.53 bits per heavy atom. The molecule has 78 valence electrons. The molecule has 0 unspecified atom stereocenters. The lowest BCUT2D eigenvalue weighted by Gasteiger charge is -2.10. The van der Waals surface area contributed by atoms with Crippen LogP contribution in [-0.2, 0) is 16.0 Å². The number of carbonyl (C=O) groups is 1. The van der Waals surface area contributed by atoms with E-state index in [1.807, 2.05) is 0 Å². The Hall–Kier alpha value is -1.48. The highest BCUT2D eigenvalue weighted by Crippen LogP contribution is 2.31. The van der Waals surface area contributed by atoms with Crippen LogP contribution in [0, 0.1) is 0 Å². The summed E-state index contributed by atoms with van der Waals surface area (Å²) >= 11 is 5.80. The Bertz CT molecular complexity index is 463. The first-order valence-corrected chi connectivity index (χ1v) is 4.78. The van der Waals surface area contributed by atoms with Crippen LogP contribution in [0.5, 0.6) is 0 Å². The van der Waals surface area contributed by atoms with Crippen molar-refractivity contribution in [1.82, 2.24) is 0 Å². The molecule has 0 aromatic heterocycles. The van der Waals surface area contributed by atoms with Crippen molar-refractivity contribution in [3.05, 3.63) is 39.9 Å². The molecule has 4 heteroatoms. The summed E-state index contributed by atoms with van der Waals surface area (Å²) in [6.07, 6.45) is 0.307. The molecule has 0 amide bonds. The van der Waals surface area contributed by atoms with E-state index in [2.05, 4.69) is 4.74 Å². The molecule has 15 heavy (non-hydrogen) atoms. The Kier molecular flexibility index (Phi) is 2.40. The van der Waals surface area contributed by atoms with E-state index in [-0.39, 0.29) is 11.3 Å². The van der Waals surface area contributed by atoms with Crippen molar-refractivity contribution in [3.8, 4) is 0 Å². The molecule has 0 bridgehead atoms. The molecule has 0 N–H and O–H groups in total. The molecule has 0 aliphatic heterocycles. The van der Waals surface area contributed by atoms with Crippen LogP contribution in [0.25, 0.3) is 5.76 Å². The van der Waals surface area contributed by atoms with E-state index in [9.17, 15) is 9.90 Å². The van der Waals surface area contributed by atoms with Crippen LogP contribution in [0.3, 0.4) is 0 Å². The predicted octanol–water partition coefficient (Wildman–Crippen LogP) is 1.14. The van der Waals surface area contributed by atoms with Gasteiger partial charge in [0, 0.05) is 17.0 Å². The molecule has 1 aromatic carbocycles. The van der Waals surface area contributed by atoms with Gasteiger partial charge in [-0.2, -0.15) is 0 Å². The molecule has 1 aliphatic rings. The molecular formula is C11H8ClO3-. The Morgan fingerprint density at radius 2 is 2.27 bits per heavy atom. The van der Waals surface area contributed by atoms with Crippen molar-refractivity contribution >= 4 is 23.3 Å². The molecule has 0 fully saturated rings. The van der Waals surface area contributed by atoms with Gasteiger partial charge in [-0.25, -0.2) is 4.79 Å². The number of ether oxygens (including phenoxy) is 1. The summed E-state index contributed by atoms with van der Waals surface area (Å²) < 4.78 is 4.54. The summed E-state index contributed by atoms with van der Waals surface area (Å²) in [7, 11) is 1.26. The molecule has 1 aromatic rings. The average Bonchev–Trinajstić information content (AvgIpc) is 2.54.